The standard InChI is InChI=1S/C14H12O2S/c15-13-5-4-12-11(13)2-1-3-14(12)16-8-10-6-7-17-9-10/h1-3,6-7,9H,4-5,8H2. The van der Waals surface area contributed by atoms with Gasteiger partial charge >= 0.3 is 0 Å². The second-order valence-corrected chi connectivity index (χ2v) is 4.91. The van der Waals surface area contributed by atoms with E-state index >= 15 is 0 Å². The molecule has 2 aromatic rings. The first-order valence-electron chi connectivity index (χ1n) is 5.63. The molecule has 1 aliphatic rings. The van der Waals surface area contributed by atoms with Crippen molar-refractivity contribution in [2.75, 3.05) is 0 Å². The molecule has 3 rings (SSSR count). The Bertz CT molecular complexity index is 543. The lowest BCUT2D eigenvalue weighted by atomic mass is 10.1. The molecule has 0 aliphatic heterocycles. The van der Waals surface area contributed by atoms with Crippen LogP contribution in [0.3, 0.4) is 0 Å². The minimum absolute atomic E-state index is 0.237. The number of thiophene rings is 1. The Hall–Kier alpha value is -1.61. The number of benzene rings is 1. The number of carbonyl (C=O) groups excluding carboxylic acids is 1. The van der Waals surface area contributed by atoms with Crippen LogP contribution in [0.1, 0.15) is 27.9 Å². The third kappa shape index (κ3) is 1.98. The van der Waals surface area contributed by atoms with Gasteiger partial charge in [0.25, 0.3) is 0 Å². The average molecular weight is 244 g/mol. The summed E-state index contributed by atoms with van der Waals surface area (Å²) < 4.78 is 5.80. The second-order valence-electron chi connectivity index (χ2n) is 4.13. The molecule has 0 atom stereocenters. The molecule has 1 heterocycles. The molecule has 0 fully saturated rings. The quantitative estimate of drug-likeness (QED) is 0.826. The van der Waals surface area contributed by atoms with E-state index in [0.29, 0.717) is 13.0 Å². The van der Waals surface area contributed by atoms with Gasteiger partial charge in [-0.15, -0.1) is 0 Å². The van der Waals surface area contributed by atoms with Crippen LogP contribution in [0.2, 0.25) is 0 Å². The summed E-state index contributed by atoms with van der Waals surface area (Å²) >= 11 is 1.67. The predicted octanol–water partition coefficient (Wildman–Crippen LogP) is 3.46. The highest BCUT2D eigenvalue weighted by Crippen LogP contribution is 2.30. The Morgan fingerprint density at radius 2 is 2.18 bits per heavy atom. The minimum Gasteiger partial charge on any atom is -0.489 e. The molecule has 0 saturated heterocycles. The van der Waals surface area contributed by atoms with Gasteiger partial charge in [0, 0.05) is 17.5 Å². The molecule has 1 aromatic heterocycles. The van der Waals surface area contributed by atoms with Crippen molar-refractivity contribution < 1.29 is 9.53 Å². The van der Waals surface area contributed by atoms with E-state index in [1.165, 1.54) is 5.56 Å². The fraction of sp³-hybridized carbons (Fsp3) is 0.214. The van der Waals surface area contributed by atoms with Gasteiger partial charge in [0.05, 0.1) is 0 Å². The molecule has 86 valence electrons. The van der Waals surface area contributed by atoms with Gasteiger partial charge in [0.15, 0.2) is 5.78 Å². The van der Waals surface area contributed by atoms with Crippen molar-refractivity contribution in [3.05, 3.63) is 51.7 Å². The monoisotopic (exact) mass is 244 g/mol. The summed E-state index contributed by atoms with van der Waals surface area (Å²) in [5.74, 6) is 1.10. The Morgan fingerprint density at radius 3 is 3.00 bits per heavy atom. The maximum atomic E-state index is 11.6. The van der Waals surface area contributed by atoms with Crippen molar-refractivity contribution in [3.63, 3.8) is 0 Å². The van der Waals surface area contributed by atoms with E-state index in [1.807, 2.05) is 23.6 Å². The third-order valence-corrected chi connectivity index (χ3v) is 3.74. The van der Waals surface area contributed by atoms with Gasteiger partial charge in [-0.2, -0.15) is 11.3 Å². The van der Waals surface area contributed by atoms with Crippen LogP contribution in [0.15, 0.2) is 35.0 Å². The van der Waals surface area contributed by atoms with Gasteiger partial charge in [-0.25, -0.2) is 0 Å². The molecule has 1 aromatic carbocycles. The summed E-state index contributed by atoms with van der Waals surface area (Å²) in [4.78, 5) is 11.6. The zero-order chi connectivity index (χ0) is 11.7. The third-order valence-electron chi connectivity index (χ3n) is 3.01. The summed E-state index contributed by atoms with van der Waals surface area (Å²) in [6, 6.07) is 7.79. The van der Waals surface area contributed by atoms with Crippen LogP contribution in [0.5, 0.6) is 5.75 Å². The Labute approximate surface area is 104 Å². The van der Waals surface area contributed by atoms with Gasteiger partial charge in [0.2, 0.25) is 0 Å². The molecular weight excluding hydrogens is 232 g/mol. The topological polar surface area (TPSA) is 26.3 Å². The number of hydrogen-bond acceptors (Lipinski definition) is 3. The largest absolute Gasteiger partial charge is 0.489 e. The first kappa shape index (κ1) is 10.5. The Morgan fingerprint density at radius 1 is 1.24 bits per heavy atom. The fourth-order valence-corrected chi connectivity index (χ4v) is 2.78. The van der Waals surface area contributed by atoms with Crippen LogP contribution < -0.4 is 4.74 Å². The molecule has 0 spiro atoms. The lowest BCUT2D eigenvalue weighted by Gasteiger charge is -2.09. The van der Waals surface area contributed by atoms with Crippen LogP contribution in [0.25, 0.3) is 0 Å². The number of ether oxygens (including phenoxy) is 1. The van der Waals surface area contributed by atoms with E-state index in [4.69, 9.17) is 4.74 Å². The molecule has 0 unspecified atom stereocenters. The number of hydrogen-bond donors (Lipinski definition) is 0. The average Bonchev–Trinajstić information content (AvgIpc) is 2.97. The minimum atomic E-state index is 0.237. The highest BCUT2D eigenvalue weighted by atomic mass is 32.1. The lowest BCUT2D eigenvalue weighted by molar-refractivity contribution is 0.0994. The summed E-state index contributed by atoms with van der Waals surface area (Å²) in [5, 5.41) is 4.12. The molecule has 0 N–H and O–H groups in total. The highest BCUT2D eigenvalue weighted by Gasteiger charge is 2.22. The molecule has 3 heteroatoms. The van der Waals surface area contributed by atoms with Gasteiger partial charge in [-0.3, -0.25) is 4.79 Å². The van der Waals surface area contributed by atoms with Gasteiger partial charge in [-0.05, 0) is 34.9 Å². The summed E-state index contributed by atoms with van der Waals surface area (Å²) in [7, 11) is 0. The van der Waals surface area contributed by atoms with E-state index in [-0.39, 0.29) is 5.78 Å². The molecule has 2 nitrogen and oxygen atoms in total. The van der Waals surface area contributed by atoms with Gasteiger partial charge in [0.1, 0.15) is 12.4 Å². The maximum absolute atomic E-state index is 11.6. The van der Waals surface area contributed by atoms with Crippen molar-refractivity contribution in [2.45, 2.75) is 19.4 Å². The first-order chi connectivity index (χ1) is 8.34. The van der Waals surface area contributed by atoms with Crippen LogP contribution in [-0.4, -0.2) is 5.78 Å². The molecule has 0 radical (unpaired) electrons. The maximum Gasteiger partial charge on any atom is 0.163 e. The zero-order valence-electron chi connectivity index (χ0n) is 9.31. The summed E-state index contributed by atoms with van der Waals surface area (Å²) in [5.41, 5.74) is 3.09. The Kier molecular flexibility index (Phi) is 2.69. The van der Waals surface area contributed by atoms with Crippen LogP contribution in [0.4, 0.5) is 0 Å². The van der Waals surface area contributed by atoms with Gasteiger partial charge < -0.3 is 4.74 Å². The normalized spacial score (nSPS) is 13.8. The van der Waals surface area contributed by atoms with Crippen molar-refractivity contribution >= 4 is 17.1 Å². The highest BCUT2D eigenvalue weighted by molar-refractivity contribution is 7.07. The summed E-state index contributed by atoms with van der Waals surface area (Å²) in [6.07, 6.45) is 1.43. The SMILES string of the molecule is O=C1CCc2c(OCc3ccsc3)cccc21. The zero-order valence-corrected chi connectivity index (χ0v) is 10.1. The summed E-state index contributed by atoms with van der Waals surface area (Å²) in [6.45, 7) is 0.578. The molecule has 17 heavy (non-hydrogen) atoms. The van der Waals surface area contributed by atoms with Gasteiger partial charge in [-0.1, -0.05) is 12.1 Å². The van der Waals surface area contributed by atoms with E-state index in [2.05, 4.69) is 11.4 Å². The molecule has 0 amide bonds. The molecular formula is C14H12O2S. The van der Waals surface area contributed by atoms with Crippen LogP contribution >= 0.6 is 11.3 Å². The molecule has 1 aliphatic carbocycles. The Balaban J connectivity index is 1.82. The van der Waals surface area contributed by atoms with Crippen molar-refractivity contribution in [3.8, 4) is 5.75 Å². The molecule has 0 saturated carbocycles. The number of ketones is 1. The van der Waals surface area contributed by atoms with Crippen molar-refractivity contribution in [1.82, 2.24) is 0 Å². The molecule has 0 bridgehead atoms. The second kappa shape index (κ2) is 4.34. The van der Waals surface area contributed by atoms with E-state index < -0.39 is 0 Å². The number of carbonyl (C=O) groups is 1. The predicted molar refractivity (Wildman–Crippen MR) is 67.7 cm³/mol. The van der Waals surface area contributed by atoms with Crippen molar-refractivity contribution in [1.29, 1.82) is 0 Å². The number of Topliss-reactive ketones (excluding diaryl/α,β-unsaturated/α-hetero) is 1. The first-order valence-corrected chi connectivity index (χ1v) is 6.58. The van der Waals surface area contributed by atoms with E-state index in [9.17, 15) is 4.79 Å². The van der Waals surface area contributed by atoms with Crippen LogP contribution in [0, 0.1) is 0 Å². The van der Waals surface area contributed by atoms with Crippen LogP contribution in [-0.2, 0) is 13.0 Å². The van der Waals surface area contributed by atoms with Crippen molar-refractivity contribution in [2.24, 2.45) is 0 Å². The number of rotatable bonds is 3. The fourth-order valence-electron chi connectivity index (χ4n) is 2.13. The lowest BCUT2D eigenvalue weighted by Crippen LogP contribution is -1.98. The van der Waals surface area contributed by atoms with E-state index in [1.54, 1.807) is 11.3 Å². The van der Waals surface area contributed by atoms with E-state index in [0.717, 1.165) is 23.3 Å². The number of fused-ring (bicyclic) bond motifs is 1. The smallest absolute Gasteiger partial charge is 0.163 e.